The van der Waals surface area contributed by atoms with Gasteiger partial charge in [-0.15, -0.1) is 0 Å². The van der Waals surface area contributed by atoms with Crippen molar-refractivity contribution in [3.63, 3.8) is 0 Å². The first kappa shape index (κ1) is 15.9. The Morgan fingerprint density at radius 3 is 2.68 bits per heavy atom. The number of benzene rings is 1. The maximum absolute atomic E-state index is 5.36. The van der Waals surface area contributed by atoms with Crippen LogP contribution in [0, 0.1) is 0 Å². The largest absolute Gasteiger partial charge is 0.497 e. The first-order chi connectivity index (χ1) is 10.7. The Labute approximate surface area is 130 Å². The summed E-state index contributed by atoms with van der Waals surface area (Å²) in [5.74, 6) is 2.70. The lowest BCUT2D eigenvalue weighted by Gasteiger charge is -2.14. The zero-order chi connectivity index (χ0) is 15.9. The van der Waals surface area contributed by atoms with Gasteiger partial charge in [0.25, 0.3) is 0 Å². The number of aromatic nitrogens is 2. The van der Waals surface area contributed by atoms with Crippen LogP contribution in [0.15, 0.2) is 30.5 Å². The number of hydrogen-bond acceptors (Lipinski definition) is 6. The number of anilines is 3. The second kappa shape index (κ2) is 7.49. The maximum Gasteiger partial charge on any atom is 0.229 e. The van der Waals surface area contributed by atoms with Crippen molar-refractivity contribution in [3.05, 3.63) is 30.5 Å². The van der Waals surface area contributed by atoms with E-state index in [1.54, 1.807) is 20.4 Å². The third-order valence-electron chi connectivity index (χ3n) is 3.32. The van der Waals surface area contributed by atoms with E-state index in [-0.39, 0.29) is 0 Å². The molecule has 2 aromatic rings. The third-order valence-corrected chi connectivity index (χ3v) is 3.32. The SMILES string of the molecule is CCC(C)Nc1ccnc(Nc2ccc(OC)cc2OC)n1. The number of nitrogens with one attached hydrogen (secondary N) is 2. The van der Waals surface area contributed by atoms with E-state index >= 15 is 0 Å². The summed E-state index contributed by atoms with van der Waals surface area (Å²) in [5.41, 5.74) is 0.781. The highest BCUT2D eigenvalue weighted by Gasteiger charge is 2.08. The van der Waals surface area contributed by atoms with E-state index in [2.05, 4.69) is 34.4 Å². The fraction of sp³-hybridized carbons (Fsp3) is 0.375. The molecule has 0 aliphatic carbocycles. The van der Waals surface area contributed by atoms with Crippen LogP contribution in [0.2, 0.25) is 0 Å². The van der Waals surface area contributed by atoms with Crippen molar-refractivity contribution >= 4 is 17.5 Å². The first-order valence-corrected chi connectivity index (χ1v) is 7.25. The van der Waals surface area contributed by atoms with Gasteiger partial charge in [0.15, 0.2) is 0 Å². The summed E-state index contributed by atoms with van der Waals surface area (Å²) in [6.45, 7) is 4.24. The Morgan fingerprint density at radius 1 is 1.18 bits per heavy atom. The molecule has 0 fully saturated rings. The van der Waals surface area contributed by atoms with Crippen molar-refractivity contribution < 1.29 is 9.47 Å². The van der Waals surface area contributed by atoms with Crippen molar-refractivity contribution in [3.8, 4) is 11.5 Å². The van der Waals surface area contributed by atoms with Crippen LogP contribution in [0.1, 0.15) is 20.3 Å². The topological polar surface area (TPSA) is 68.3 Å². The summed E-state index contributed by atoms with van der Waals surface area (Å²) in [6.07, 6.45) is 2.75. The maximum atomic E-state index is 5.36. The van der Waals surface area contributed by atoms with Crippen LogP contribution in [-0.2, 0) is 0 Å². The Kier molecular flexibility index (Phi) is 5.41. The van der Waals surface area contributed by atoms with Gasteiger partial charge in [-0.05, 0) is 31.5 Å². The Morgan fingerprint density at radius 2 is 2.00 bits per heavy atom. The fourth-order valence-electron chi connectivity index (χ4n) is 1.88. The lowest BCUT2D eigenvalue weighted by atomic mass is 10.2. The molecule has 6 heteroatoms. The van der Waals surface area contributed by atoms with E-state index in [9.17, 15) is 0 Å². The molecule has 0 spiro atoms. The van der Waals surface area contributed by atoms with Crippen LogP contribution in [0.25, 0.3) is 0 Å². The molecule has 0 radical (unpaired) electrons. The summed E-state index contributed by atoms with van der Waals surface area (Å²) in [5, 5.41) is 6.49. The summed E-state index contributed by atoms with van der Waals surface area (Å²) >= 11 is 0. The van der Waals surface area contributed by atoms with Crippen molar-refractivity contribution in [1.82, 2.24) is 9.97 Å². The molecule has 1 unspecified atom stereocenters. The molecule has 2 rings (SSSR count). The Balaban J connectivity index is 2.18. The van der Waals surface area contributed by atoms with Gasteiger partial charge in [0.2, 0.25) is 5.95 Å². The molecular formula is C16H22N4O2. The van der Waals surface area contributed by atoms with Crippen molar-refractivity contribution in [2.45, 2.75) is 26.3 Å². The lowest BCUT2D eigenvalue weighted by Crippen LogP contribution is -2.15. The van der Waals surface area contributed by atoms with Gasteiger partial charge in [-0.2, -0.15) is 4.98 Å². The van der Waals surface area contributed by atoms with Crippen LogP contribution in [0.4, 0.5) is 17.5 Å². The molecule has 1 heterocycles. The predicted octanol–water partition coefficient (Wildman–Crippen LogP) is 3.45. The smallest absolute Gasteiger partial charge is 0.229 e. The lowest BCUT2D eigenvalue weighted by molar-refractivity contribution is 0.395. The average molecular weight is 302 g/mol. The van der Waals surface area contributed by atoms with E-state index in [0.29, 0.717) is 17.7 Å². The Hall–Kier alpha value is -2.50. The number of rotatable bonds is 7. The molecule has 0 bridgehead atoms. The minimum Gasteiger partial charge on any atom is -0.497 e. The second-order valence-electron chi connectivity index (χ2n) is 4.91. The highest BCUT2D eigenvalue weighted by Crippen LogP contribution is 2.30. The number of hydrogen-bond donors (Lipinski definition) is 2. The second-order valence-corrected chi connectivity index (χ2v) is 4.91. The van der Waals surface area contributed by atoms with E-state index in [0.717, 1.165) is 23.7 Å². The quantitative estimate of drug-likeness (QED) is 0.816. The van der Waals surface area contributed by atoms with Crippen LogP contribution < -0.4 is 20.1 Å². The van der Waals surface area contributed by atoms with Crippen LogP contribution in [0.5, 0.6) is 11.5 Å². The zero-order valence-electron chi connectivity index (χ0n) is 13.4. The molecule has 0 saturated carbocycles. The molecule has 1 atom stereocenters. The standard InChI is InChI=1S/C16H22N4O2/c1-5-11(2)18-15-8-9-17-16(20-15)19-13-7-6-12(21-3)10-14(13)22-4/h6-11H,5H2,1-4H3,(H2,17,18,19,20). The minimum atomic E-state index is 0.360. The van der Waals surface area contributed by atoms with Gasteiger partial charge in [-0.1, -0.05) is 6.92 Å². The van der Waals surface area contributed by atoms with Crippen LogP contribution in [0.3, 0.4) is 0 Å². The molecule has 22 heavy (non-hydrogen) atoms. The molecule has 0 aliphatic rings. The highest BCUT2D eigenvalue weighted by atomic mass is 16.5. The van der Waals surface area contributed by atoms with Crippen molar-refractivity contribution in [1.29, 1.82) is 0 Å². The number of nitrogens with zero attached hydrogens (tertiary/aromatic N) is 2. The van der Waals surface area contributed by atoms with Crippen LogP contribution in [-0.4, -0.2) is 30.2 Å². The summed E-state index contributed by atoms with van der Waals surface area (Å²) in [6, 6.07) is 7.74. The van der Waals surface area contributed by atoms with E-state index in [4.69, 9.17) is 9.47 Å². The average Bonchev–Trinajstić information content (AvgIpc) is 2.55. The molecular weight excluding hydrogens is 280 g/mol. The minimum absolute atomic E-state index is 0.360. The van der Waals surface area contributed by atoms with Gasteiger partial charge in [-0.25, -0.2) is 4.98 Å². The van der Waals surface area contributed by atoms with Crippen LogP contribution >= 0.6 is 0 Å². The molecule has 118 valence electrons. The van der Waals surface area contributed by atoms with Gasteiger partial charge in [0.05, 0.1) is 19.9 Å². The molecule has 1 aromatic heterocycles. The van der Waals surface area contributed by atoms with Crippen molar-refractivity contribution in [2.75, 3.05) is 24.9 Å². The summed E-state index contributed by atoms with van der Waals surface area (Å²) in [7, 11) is 3.23. The fourth-order valence-corrected chi connectivity index (χ4v) is 1.88. The molecule has 6 nitrogen and oxygen atoms in total. The molecule has 0 amide bonds. The summed E-state index contributed by atoms with van der Waals surface area (Å²) < 4.78 is 10.5. The molecule has 1 aromatic carbocycles. The number of methoxy groups -OCH3 is 2. The van der Waals surface area contributed by atoms with E-state index < -0.39 is 0 Å². The summed E-state index contributed by atoms with van der Waals surface area (Å²) in [4.78, 5) is 8.69. The Bertz CT molecular complexity index is 619. The van der Waals surface area contributed by atoms with Gasteiger partial charge >= 0.3 is 0 Å². The van der Waals surface area contributed by atoms with Gasteiger partial charge in [-0.3, -0.25) is 0 Å². The van der Waals surface area contributed by atoms with E-state index in [1.807, 2.05) is 24.3 Å². The highest BCUT2D eigenvalue weighted by molar-refractivity contribution is 5.64. The molecule has 2 N–H and O–H groups in total. The van der Waals surface area contributed by atoms with Crippen molar-refractivity contribution in [2.24, 2.45) is 0 Å². The van der Waals surface area contributed by atoms with Gasteiger partial charge in [0, 0.05) is 18.3 Å². The van der Waals surface area contributed by atoms with E-state index in [1.165, 1.54) is 0 Å². The normalized spacial score (nSPS) is 11.6. The monoisotopic (exact) mass is 302 g/mol. The van der Waals surface area contributed by atoms with Gasteiger partial charge < -0.3 is 20.1 Å². The first-order valence-electron chi connectivity index (χ1n) is 7.25. The van der Waals surface area contributed by atoms with Gasteiger partial charge in [0.1, 0.15) is 17.3 Å². The molecule has 0 saturated heterocycles. The molecule has 0 aliphatic heterocycles. The zero-order valence-corrected chi connectivity index (χ0v) is 13.4. The third kappa shape index (κ3) is 4.00. The number of ether oxygens (including phenoxy) is 2. The predicted molar refractivity (Wildman–Crippen MR) is 88.2 cm³/mol.